The van der Waals surface area contributed by atoms with Gasteiger partial charge < -0.3 is 0 Å². The van der Waals surface area contributed by atoms with Crippen LogP contribution in [-0.2, 0) is 0 Å². The molecule has 2 heterocycles. The molecule has 0 fully saturated rings. The Bertz CT molecular complexity index is 1730. The van der Waals surface area contributed by atoms with Crippen LogP contribution in [0.1, 0.15) is 9.75 Å². The number of rotatable bonds is 4. The van der Waals surface area contributed by atoms with E-state index in [9.17, 15) is 0 Å². The lowest BCUT2D eigenvalue weighted by Gasteiger charge is -2.14. The van der Waals surface area contributed by atoms with E-state index < -0.39 is 0 Å². The number of hydrogen-bond donors (Lipinski definition) is 0. The molecule has 0 saturated heterocycles. The van der Waals surface area contributed by atoms with Crippen molar-refractivity contribution in [3.8, 4) is 44.5 Å². The molecule has 38 heavy (non-hydrogen) atoms. The number of aryl methyl sites for hydroxylation is 2. The lowest BCUT2D eigenvalue weighted by atomic mass is 9.91. The highest BCUT2D eigenvalue weighted by atomic mass is 32.1. The minimum atomic E-state index is 1.25. The van der Waals surface area contributed by atoms with E-state index in [-0.39, 0.29) is 0 Å². The normalized spacial score (nSPS) is 11.4. The molecule has 0 aliphatic rings. The van der Waals surface area contributed by atoms with Gasteiger partial charge in [-0.1, -0.05) is 97.1 Å². The van der Waals surface area contributed by atoms with Gasteiger partial charge in [-0.25, -0.2) is 0 Å². The van der Waals surface area contributed by atoms with Crippen LogP contribution in [0.4, 0.5) is 0 Å². The Morgan fingerprint density at radius 3 is 1.16 bits per heavy atom. The lowest BCUT2D eigenvalue weighted by Crippen LogP contribution is -1.87. The van der Waals surface area contributed by atoms with Crippen LogP contribution in [0.25, 0.3) is 64.7 Å². The summed E-state index contributed by atoms with van der Waals surface area (Å²) in [4.78, 5) is 2.69. The number of benzene rings is 5. The van der Waals surface area contributed by atoms with Crippen molar-refractivity contribution in [1.29, 1.82) is 0 Å². The summed E-state index contributed by atoms with van der Waals surface area (Å²) in [5.74, 6) is 0. The predicted molar refractivity (Wildman–Crippen MR) is 168 cm³/mol. The van der Waals surface area contributed by atoms with Gasteiger partial charge in [0.1, 0.15) is 0 Å². The molecule has 0 saturated carbocycles. The average molecular weight is 523 g/mol. The van der Waals surface area contributed by atoms with Crippen LogP contribution >= 0.6 is 22.7 Å². The fraction of sp³-hybridized carbons (Fsp3) is 0.0556. The number of thiophene rings is 2. The van der Waals surface area contributed by atoms with Gasteiger partial charge in [-0.3, -0.25) is 0 Å². The predicted octanol–water partition coefficient (Wildman–Crippen LogP) is 11.4. The van der Waals surface area contributed by atoms with Crippen molar-refractivity contribution in [2.24, 2.45) is 0 Å². The molecule has 2 aromatic heterocycles. The molecule has 7 rings (SSSR count). The van der Waals surface area contributed by atoms with Gasteiger partial charge in [-0.2, -0.15) is 0 Å². The van der Waals surface area contributed by atoms with Crippen LogP contribution in [0.3, 0.4) is 0 Å². The van der Waals surface area contributed by atoms with Crippen molar-refractivity contribution in [3.63, 3.8) is 0 Å². The zero-order valence-corrected chi connectivity index (χ0v) is 23.0. The molecule has 0 N–H and O–H groups in total. The Hall–Kier alpha value is -3.98. The zero-order chi connectivity index (χ0) is 25.6. The Kier molecular flexibility index (Phi) is 5.73. The van der Waals surface area contributed by atoms with Gasteiger partial charge in [0.25, 0.3) is 0 Å². The summed E-state index contributed by atoms with van der Waals surface area (Å²) in [6, 6.07) is 44.3. The van der Waals surface area contributed by atoms with E-state index in [2.05, 4.69) is 135 Å². The van der Waals surface area contributed by atoms with Crippen LogP contribution in [0.5, 0.6) is 0 Å². The molecule has 7 aromatic rings. The molecule has 0 amide bonds. The summed E-state index contributed by atoms with van der Waals surface area (Å²) in [5.41, 5.74) is 10.3. The Balaban J connectivity index is 1.51. The number of fused-ring (bicyclic) bond motifs is 2. The minimum absolute atomic E-state index is 1.25. The van der Waals surface area contributed by atoms with E-state index in [0.717, 1.165) is 0 Å². The Morgan fingerprint density at radius 1 is 0.368 bits per heavy atom. The van der Waals surface area contributed by atoms with Crippen molar-refractivity contribution in [2.45, 2.75) is 13.8 Å². The highest BCUT2D eigenvalue weighted by Crippen LogP contribution is 2.50. The molecule has 182 valence electrons. The molecule has 0 spiro atoms. The summed E-state index contributed by atoms with van der Waals surface area (Å²) in [7, 11) is 0. The van der Waals surface area contributed by atoms with Crippen molar-refractivity contribution in [1.82, 2.24) is 0 Å². The van der Waals surface area contributed by atoms with Crippen molar-refractivity contribution in [2.75, 3.05) is 0 Å². The molecular formula is C36H26S2. The summed E-state index contributed by atoms with van der Waals surface area (Å²) in [5, 5.41) is 2.71. The second-order valence-corrected chi connectivity index (χ2v) is 12.4. The summed E-state index contributed by atoms with van der Waals surface area (Å²) in [6.07, 6.45) is 0. The second kappa shape index (κ2) is 9.40. The van der Waals surface area contributed by atoms with Gasteiger partial charge in [0, 0.05) is 41.1 Å². The zero-order valence-electron chi connectivity index (χ0n) is 21.4. The molecule has 0 bridgehead atoms. The topological polar surface area (TPSA) is 0 Å². The molecule has 0 radical (unpaired) electrons. The maximum absolute atomic E-state index is 2.39. The molecule has 0 aliphatic heterocycles. The fourth-order valence-electron chi connectivity index (χ4n) is 5.56. The van der Waals surface area contributed by atoms with Gasteiger partial charge in [0.05, 0.1) is 0 Å². The van der Waals surface area contributed by atoms with Crippen molar-refractivity contribution >= 4 is 42.8 Å². The maximum atomic E-state index is 2.39. The first-order chi connectivity index (χ1) is 18.7. The van der Waals surface area contributed by atoms with Gasteiger partial charge in [0.2, 0.25) is 0 Å². The van der Waals surface area contributed by atoms with Crippen molar-refractivity contribution in [3.05, 3.63) is 131 Å². The lowest BCUT2D eigenvalue weighted by molar-refractivity contribution is 1.61. The Labute approximate surface area is 231 Å². The Morgan fingerprint density at radius 2 is 0.737 bits per heavy atom. The van der Waals surface area contributed by atoms with Gasteiger partial charge in [-0.05, 0) is 71.5 Å². The summed E-state index contributed by atoms with van der Waals surface area (Å²) >= 11 is 3.83. The first-order valence-electron chi connectivity index (χ1n) is 12.9. The molecule has 0 atom stereocenters. The summed E-state index contributed by atoms with van der Waals surface area (Å²) in [6.45, 7) is 4.47. The van der Waals surface area contributed by atoms with Crippen LogP contribution in [-0.4, -0.2) is 0 Å². The van der Waals surface area contributed by atoms with Crippen LogP contribution < -0.4 is 0 Å². The molecular weight excluding hydrogens is 497 g/mol. The molecule has 0 aliphatic carbocycles. The van der Waals surface area contributed by atoms with E-state index in [1.807, 2.05) is 22.7 Å². The molecule has 0 nitrogen and oxygen atoms in total. The van der Waals surface area contributed by atoms with E-state index >= 15 is 0 Å². The molecule has 5 aromatic carbocycles. The fourth-order valence-corrected chi connectivity index (χ4v) is 7.76. The highest BCUT2D eigenvalue weighted by Gasteiger charge is 2.21. The van der Waals surface area contributed by atoms with E-state index in [0.29, 0.717) is 0 Å². The third-order valence-corrected chi connectivity index (χ3v) is 9.36. The highest BCUT2D eigenvalue weighted by molar-refractivity contribution is 7.21. The van der Waals surface area contributed by atoms with Crippen molar-refractivity contribution < 1.29 is 0 Å². The molecule has 2 heteroatoms. The van der Waals surface area contributed by atoms with Gasteiger partial charge in [0.15, 0.2) is 0 Å². The minimum Gasteiger partial charge on any atom is -0.140 e. The third kappa shape index (κ3) is 3.98. The standard InChI is InChI=1S/C36H26S2/c1-23-19-31-33(29-17-9-15-27(21-29)25-11-5-3-6-12-25)36-32(20-24(2)38-36)34(35(31)37-23)30-18-10-16-28(22-30)26-13-7-4-8-14-26/h3-22H,1-2H3. The maximum Gasteiger partial charge on any atom is 0.0437 e. The van der Waals surface area contributed by atoms with Crippen LogP contribution in [0.2, 0.25) is 0 Å². The van der Waals surface area contributed by atoms with Crippen LogP contribution in [0.15, 0.2) is 121 Å². The largest absolute Gasteiger partial charge is 0.140 e. The first-order valence-corrected chi connectivity index (χ1v) is 14.6. The smallest absolute Gasteiger partial charge is 0.0437 e. The number of hydrogen-bond acceptors (Lipinski definition) is 2. The average Bonchev–Trinajstić information content (AvgIpc) is 3.53. The van der Waals surface area contributed by atoms with E-state index in [4.69, 9.17) is 0 Å². The van der Waals surface area contributed by atoms with E-state index in [1.165, 1.54) is 74.4 Å². The van der Waals surface area contributed by atoms with Gasteiger partial charge >= 0.3 is 0 Å². The third-order valence-electron chi connectivity index (χ3n) is 7.22. The summed E-state index contributed by atoms with van der Waals surface area (Å²) < 4.78 is 2.75. The molecule has 0 unspecified atom stereocenters. The SMILES string of the molecule is Cc1cc2c(-c3cccc(-c4ccccc4)c3)c3sc(C)cc3c(-c3cccc(-c4ccccc4)c3)c2s1. The van der Waals surface area contributed by atoms with Crippen LogP contribution in [0, 0.1) is 13.8 Å². The van der Waals surface area contributed by atoms with E-state index in [1.54, 1.807) is 0 Å². The quantitative estimate of drug-likeness (QED) is 0.216. The monoisotopic (exact) mass is 522 g/mol. The second-order valence-electron chi connectivity index (χ2n) is 9.84. The van der Waals surface area contributed by atoms with Gasteiger partial charge in [-0.15, -0.1) is 22.7 Å². The first kappa shape index (κ1) is 23.2.